The molecule has 1 unspecified atom stereocenters. The van der Waals surface area contributed by atoms with Crippen LogP contribution >= 0.6 is 0 Å². The topological polar surface area (TPSA) is 89.9 Å². The van der Waals surface area contributed by atoms with E-state index in [2.05, 4.69) is 5.32 Å². The molecule has 0 aromatic heterocycles. The van der Waals surface area contributed by atoms with Crippen molar-refractivity contribution in [1.82, 2.24) is 10.2 Å². The van der Waals surface area contributed by atoms with Crippen molar-refractivity contribution in [2.45, 2.75) is 38.3 Å². The Morgan fingerprint density at radius 1 is 1.56 bits per heavy atom. The van der Waals surface area contributed by atoms with Gasteiger partial charge in [-0.25, -0.2) is 9.59 Å². The Labute approximate surface area is 94.2 Å². The second-order valence-electron chi connectivity index (χ2n) is 4.04. The van der Waals surface area contributed by atoms with Crippen molar-refractivity contribution >= 4 is 12.0 Å². The number of nitrogens with zero attached hydrogens (tertiary/aromatic N) is 1. The number of carbonyl (C=O) groups is 2. The molecule has 0 spiro atoms. The summed E-state index contributed by atoms with van der Waals surface area (Å²) in [5.74, 6) is -1.12. The lowest BCUT2D eigenvalue weighted by molar-refractivity contribution is -0.139. The molecule has 1 fully saturated rings. The average molecular weight is 230 g/mol. The minimum Gasteiger partial charge on any atom is -0.480 e. The minimum absolute atomic E-state index is 0.0310. The number of rotatable bonds is 4. The van der Waals surface area contributed by atoms with Crippen molar-refractivity contribution in [3.8, 4) is 0 Å². The summed E-state index contributed by atoms with van der Waals surface area (Å²) in [6.45, 7) is 2.35. The van der Waals surface area contributed by atoms with E-state index in [-0.39, 0.29) is 25.1 Å². The summed E-state index contributed by atoms with van der Waals surface area (Å²) >= 11 is 0. The lowest BCUT2D eigenvalue weighted by Crippen LogP contribution is -2.49. The maximum atomic E-state index is 11.7. The lowest BCUT2D eigenvalue weighted by atomic mass is 10.2. The van der Waals surface area contributed by atoms with E-state index in [4.69, 9.17) is 10.2 Å². The van der Waals surface area contributed by atoms with E-state index in [9.17, 15) is 9.59 Å². The molecule has 0 aliphatic carbocycles. The van der Waals surface area contributed by atoms with E-state index < -0.39 is 12.0 Å². The Kier molecular flexibility index (Phi) is 4.54. The molecule has 6 nitrogen and oxygen atoms in total. The van der Waals surface area contributed by atoms with Gasteiger partial charge in [0.05, 0.1) is 0 Å². The zero-order valence-electron chi connectivity index (χ0n) is 9.35. The van der Waals surface area contributed by atoms with Gasteiger partial charge in [0, 0.05) is 25.6 Å². The third-order valence-electron chi connectivity index (χ3n) is 2.83. The average Bonchev–Trinajstić information content (AvgIpc) is 2.63. The standard InChI is InChI=1S/C10H18N2O4/c1-7-3-2-5-12(7)10(16)11-8(4-6-13)9(14)15/h7-8,13H,2-6H2,1H3,(H,11,16)(H,14,15)/t7?,8-/m0/s1. The molecule has 1 rings (SSSR count). The fourth-order valence-corrected chi connectivity index (χ4v) is 1.85. The molecule has 1 aliphatic heterocycles. The van der Waals surface area contributed by atoms with E-state index in [0.717, 1.165) is 12.8 Å². The number of carbonyl (C=O) groups excluding carboxylic acids is 1. The van der Waals surface area contributed by atoms with Gasteiger partial charge in [-0.1, -0.05) is 0 Å². The van der Waals surface area contributed by atoms with Crippen molar-refractivity contribution in [2.75, 3.05) is 13.2 Å². The van der Waals surface area contributed by atoms with Gasteiger partial charge < -0.3 is 20.4 Å². The summed E-state index contributed by atoms with van der Waals surface area (Å²) in [7, 11) is 0. The van der Waals surface area contributed by atoms with Gasteiger partial charge in [-0.3, -0.25) is 0 Å². The van der Waals surface area contributed by atoms with Gasteiger partial charge >= 0.3 is 12.0 Å². The molecule has 92 valence electrons. The van der Waals surface area contributed by atoms with Crippen LogP contribution in [0.15, 0.2) is 0 Å². The molecule has 1 heterocycles. The molecule has 0 bridgehead atoms. The van der Waals surface area contributed by atoms with Crippen LogP contribution in [-0.2, 0) is 4.79 Å². The number of amides is 2. The molecule has 16 heavy (non-hydrogen) atoms. The second-order valence-corrected chi connectivity index (χ2v) is 4.04. The van der Waals surface area contributed by atoms with Gasteiger partial charge in [-0.05, 0) is 19.8 Å². The molecule has 3 N–H and O–H groups in total. The van der Waals surface area contributed by atoms with Gasteiger partial charge in [0.2, 0.25) is 0 Å². The Morgan fingerprint density at radius 3 is 2.69 bits per heavy atom. The van der Waals surface area contributed by atoms with Crippen molar-refractivity contribution in [2.24, 2.45) is 0 Å². The molecule has 6 heteroatoms. The van der Waals surface area contributed by atoms with Crippen LogP contribution in [0.5, 0.6) is 0 Å². The lowest BCUT2D eigenvalue weighted by Gasteiger charge is -2.24. The number of urea groups is 1. The van der Waals surface area contributed by atoms with Crippen LogP contribution in [0.25, 0.3) is 0 Å². The second kappa shape index (κ2) is 5.69. The van der Waals surface area contributed by atoms with Crippen LogP contribution in [0, 0.1) is 0 Å². The molecule has 2 amide bonds. The van der Waals surface area contributed by atoms with Gasteiger partial charge in [0.1, 0.15) is 6.04 Å². The maximum Gasteiger partial charge on any atom is 0.326 e. The normalized spacial score (nSPS) is 21.9. The first-order chi connectivity index (χ1) is 7.56. The molecule has 1 saturated heterocycles. The molecule has 0 radical (unpaired) electrons. The Morgan fingerprint density at radius 2 is 2.25 bits per heavy atom. The van der Waals surface area contributed by atoms with Crippen molar-refractivity contribution in [1.29, 1.82) is 0 Å². The monoisotopic (exact) mass is 230 g/mol. The van der Waals surface area contributed by atoms with Gasteiger partial charge in [0.25, 0.3) is 0 Å². The van der Waals surface area contributed by atoms with Crippen LogP contribution in [0.1, 0.15) is 26.2 Å². The Bertz CT molecular complexity index is 270. The first-order valence-corrected chi connectivity index (χ1v) is 5.47. The molecular formula is C10H18N2O4. The fraction of sp³-hybridized carbons (Fsp3) is 0.800. The number of hydrogen-bond donors (Lipinski definition) is 3. The van der Waals surface area contributed by atoms with E-state index in [1.165, 1.54) is 0 Å². The number of carboxylic acid groups (broad SMARTS) is 1. The Hall–Kier alpha value is -1.30. The summed E-state index contributed by atoms with van der Waals surface area (Å²) in [5, 5.41) is 19.9. The molecular weight excluding hydrogens is 212 g/mol. The minimum atomic E-state index is -1.12. The highest BCUT2D eigenvalue weighted by Crippen LogP contribution is 2.16. The highest BCUT2D eigenvalue weighted by Gasteiger charge is 2.28. The van der Waals surface area contributed by atoms with Crippen molar-refractivity contribution < 1.29 is 19.8 Å². The quantitative estimate of drug-likeness (QED) is 0.635. The van der Waals surface area contributed by atoms with Crippen LogP contribution in [0.4, 0.5) is 4.79 Å². The van der Waals surface area contributed by atoms with E-state index in [0.29, 0.717) is 6.54 Å². The van der Waals surface area contributed by atoms with Crippen LogP contribution in [0.2, 0.25) is 0 Å². The largest absolute Gasteiger partial charge is 0.480 e. The van der Waals surface area contributed by atoms with Gasteiger partial charge in [-0.15, -0.1) is 0 Å². The number of aliphatic hydroxyl groups is 1. The summed E-state index contributed by atoms with van der Waals surface area (Å²) in [6.07, 6.45) is 1.93. The first kappa shape index (κ1) is 12.8. The molecule has 0 saturated carbocycles. The Balaban J connectivity index is 2.50. The first-order valence-electron chi connectivity index (χ1n) is 5.47. The van der Waals surface area contributed by atoms with E-state index in [1.807, 2.05) is 6.92 Å². The third kappa shape index (κ3) is 3.10. The SMILES string of the molecule is CC1CCCN1C(=O)N[C@@H](CCO)C(=O)O. The number of aliphatic carboxylic acids is 1. The summed E-state index contributed by atoms with van der Waals surface area (Å²) in [5.41, 5.74) is 0. The number of carboxylic acids is 1. The molecule has 0 aromatic rings. The smallest absolute Gasteiger partial charge is 0.326 e. The van der Waals surface area contributed by atoms with E-state index >= 15 is 0 Å². The summed E-state index contributed by atoms with van der Waals surface area (Å²) < 4.78 is 0. The van der Waals surface area contributed by atoms with Crippen molar-refractivity contribution in [3.63, 3.8) is 0 Å². The predicted molar refractivity (Wildman–Crippen MR) is 57.1 cm³/mol. The number of likely N-dealkylation sites (tertiary alicyclic amines) is 1. The highest BCUT2D eigenvalue weighted by atomic mass is 16.4. The van der Waals surface area contributed by atoms with Gasteiger partial charge in [-0.2, -0.15) is 0 Å². The third-order valence-corrected chi connectivity index (χ3v) is 2.83. The van der Waals surface area contributed by atoms with Crippen LogP contribution < -0.4 is 5.32 Å². The highest BCUT2D eigenvalue weighted by molar-refractivity contribution is 5.82. The van der Waals surface area contributed by atoms with Gasteiger partial charge in [0.15, 0.2) is 0 Å². The number of nitrogens with one attached hydrogen (secondary N) is 1. The van der Waals surface area contributed by atoms with Crippen LogP contribution in [0.3, 0.4) is 0 Å². The summed E-state index contributed by atoms with van der Waals surface area (Å²) in [6, 6.07) is -1.21. The van der Waals surface area contributed by atoms with E-state index in [1.54, 1.807) is 4.90 Å². The van der Waals surface area contributed by atoms with Crippen LogP contribution in [-0.4, -0.2) is 52.3 Å². The fourth-order valence-electron chi connectivity index (χ4n) is 1.85. The zero-order chi connectivity index (χ0) is 12.1. The maximum absolute atomic E-state index is 11.7. The van der Waals surface area contributed by atoms with Crippen molar-refractivity contribution in [3.05, 3.63) is 0 Å². The molecule has 1 aliphatic rings. The summed E-state index contributed by atoms with van der Waals surface area (Å²) in [4.78, 5) is 24.1. The predicted octanol–water partition coefficient (Wildman–Crippen LogP) is 0.0159. The number of hydrogen-bond acceptors (Lipinski definition) is 3. The molecule has 0 aromatic carbocycles. The number of aliphatic hydroxyl groups excluding tert-OH is 1. The zero-order valence-corrected chi connectivity index (χ0v) is 9.35. The molecule has 2 atom stereocenters.